The highest BCUT2D eigenvalue weighted by Crippen LogP contribution is 2.14. The van der Waals surface area contributed by atoms with Crippen LogP contribution in [0.4, 0.5) is 0 Å². The van der Waals surface area contributed by atoms with Crippen molar-refractivity contribution >= 4 is 17.7 Å². The molecule has 2 N–H and O–H groups in total. The van der Waals surface area contributed by atoms with Gasteiger partial charge in [-0.2, -0.15) is 11.8 Å². The van der Waals surface area contributed by atoms with Gasteiger partial charge in [0.05, 0.1) is 5.60 Å². The summed E-state index contributed by atoms with van der Waals surface area (Å²) in [5.74, 6) is 0.594. The summed E-state index contributed by atoms with van der Waals surface area (Å²) < 4.78 is 0. The molecule has 0 aromatic heterocycles. The Kier molecular flexibility index (Phi) is 4.95. The molecule has 0 unspecified atom stereocenters. The SMILES string of the molecule is CSC[C@@](C)(O)CNC(=O)C(C)(C)C. The first-order valence-electron chi connectivity index (χ1n) is 4.69. The van der Waals surface area contributed by atoms with Gasteiger partial charge in [0.25, 0.3) is 0 Å². The molecule has 0 aliphatic rings. The van der Waals surface area contributed by atoms with Crippen molar-refractivity contribution in [2.75, 3.05) is 18.6 Å². The third-order valence-corrected chi connectivity index (χ3v) is 2.68. The molecule has 0 radical (unpaired) electrons. The van der Waals surface area contributed by atoms with Crippen molar-refractivity contribution in [1.82, 2.24) is 5.32 Å². The second-order valence-corrected chi connectivity index (χ2v) is 5.73. The second kappa shape index (κ2) is 5.03. The zero-order valence-corrected chi connectivity index (χ0v) is 10.5. The van der Waals surface area contributed by atoms with Crippen molar-refractivity contribution < 1.29 is 9.90 Å². The Balaban J connectivity index is 4.00. The Labute approximate surface area is 90.7 Å². The Hall–Kier alpha value is -0.220. The quantitative estimate of drug-likeness (QED) is 0.748. The molecule has 0 bridgehead atoms. The minimum absolute atomic E-state index is 0.0288. The number of nitrogens with one attached hydrogen (secondary N) is 1. The molecule has 1 amide bonds. The fraction of sp³-hybridized carbons (Fsp3) is 0.900. The molecule has 84 valence electrons. The van der Waals surface area contributed by atoms with Crippen molar-refractivity contribution in [3.05, 3.63) is 0 Å². The maximum absolute atomic E-state index is 11.5. The maximum Gasteiger partial charge on any atom is 0.225 e. The molecule has 0 rings (SSSR count). The summed E-state index contributed by atoms with van der Waals surface area (Å²) in [5.41, 5.74) is -1.21. The van der Waals surface area contributed by atoms with Gasteiger partial charge in [-0.05, 0) is 13.2 Å². The summed E-state index contributed by atoms with van der Waals surface area (Å²) in [5, 5.41) is 12.5. The molecule has 0 aromatic carbocycles. The van der Waals surface area contributed by atoms with E-state index in [0.29, 0.717) is 12.3 Å². The van der Waals surface area contributed by atoms with E-state index in [4.69, 9.17) is 0 Å². The first-order valence-corrected chi connectivity index (χ1v) is 6.08. The Morgan fingerprint density at radius 2 is 1.86 bits per heavy atom. The smallest absolute Gasteiger partial charge is 0.225 e. The van der Waals surface area contributed by atoms with Crippen molar-refractivity contribution in [3.63, 3.8) is 0 Å². The molecule has 1 atom stereocenters. The molecule has 4 heteroatoms. The summed E-state index contributed by atoms with van der Waals surface area (Å²) in [4.78, 5) is 11.5. The highest BCUT2D eigenvalue weighted by molar-refractivity contribution is 7.98. The van der Waals surface area contributed by atoms with Crippen LogP contribution in [0.5, 0.6) is 0 Å². The van der Waals surface area contributed by atoms with Gasteiger partial charge in [0, 0.05) is 17.7 Å². The molecule has 3 nitrogen and oxygen atoms in total. The van der Waals surface area contributed by atoms with Crippen LogP contribution in [0.25, 0.3) is 0 Å². The standard InChI is InChI=1S/C10H21NO2S/c1-9(2,3)8(12)11-6-10(4,13)7-14-5/h13H,6-7H2,1-5H3,(H,11,12)/t10-/m0/s1. The third-order valence-electron chi connectivity index (χ3n) is 1.77. The highest BCUT2D eigenvalue weighted by Gasteiger charge is 2.25. The summed E-state index contributed by atoms with van der Waals surface area (Å²) in [6.45, 7) is 7.60. The van der Waals surface area contributed by atoms with Crippen molar-refractivity contribution in [1.29, 1.82) is 0 Å². The predicted molar refractivity (Wildman–Crippen MR) is 61.5 cm³/mol. The Morgan fingerprint density at radius 3 is 2.21 bits per heavy atom. The van der Waals surface area contributed by atoms with E-state index in [1.807, 2.05) is 27.0 Å². The summed E-state index contributed by atoms with van der Waals surface area (Å²) in [6.07, 6.45) is 1.93. The zero-order chi connectivity index (χ0) is 11.4. The lowest BCUT2D eigenvalue weighted by molar-refractivity contribution is -0.129. The molecule has 0 spiro atoms. The van der Waals surface area contributed by atoms with Crippen LogP contribution in [-0.4, -0.2) is 35.2 Å². The van der Waals surface area contributed by atoms with Gasteiger partial charge < -0.3 is 10.4 Å². The van der Waals surface area contributed by atoms with Crippen LogP contribution in [0.3, 0.4) is 0 Å². The van der Waals surface area contributed by atoms with E-state index in [1.165, 1.54) is 0 Å². The predicted octanol–water partition coefficient (Wildman–Crippen LogP) is 1.26. The van der Waals surface area contributed by atoms with Crippen molar-refractivity contribution in [2.45, 2.75) is 33.3 Å². The van der Waals surface area contributed by atoms with E-state index < -0.39 is 11.0 Å². The number of rotatable bonds is 4. The van der Waals surface area contributed by atoms with Crippen LogP contribution in [0.1, 0.15) is 27.7 Å². The van der Waals surface area contributed by atoms with Crippen LogP contribution < -0.4 is 5.32 Å². The molecular weight excluding hydrogens is 198 g/mol. The van der Waals surface area contributed by atoms with Crippen LogP contribution in [-0.2, 0) is 4.79 Å². The summed E-state index contributed by atoms with van der Waals surface area (Å²) in [6, 6.07) is 0. The average Bonchev–Trinajstić information content (AvgIpc) is 1.98. The minimum Gasteiger partial charge on any atom is -0.387 e. The number of aliphatic hydroxyl groups is 1. The van der Waals surface area contributed by atoms with Crippen molar-refractivity contribution in [2.24, 2.45) is 5.41 Å². The summed E-state index contributed by atoms with van der Waals surface area (Å²) in [7, 11) is 0. The first kappa shape index (κ1) is 13.8. The van der Waals surface area contributed by atoms with Gasteiger partial charge in [-0.25, -0.2) is 0 Å². The van der Waals surface area contributed by atoms with Gasteiger partial charge >= 0.3 is 0 Å². The Bertz CT molecular complexity index is 197. The van der Waals surface area contributed by atoms with Crippen LogP contribution in [0, 0.1) is 5.41 Å². The zero-order valence-electron chi connectivity index (χ0n) is 9.68. The molecule has 0 aromatic rings. The Morgan fingerprint density at radius 1 is 1.36 bits per heavy atom. The van der Waals surface area contributed by atoms with E-state index in [1.54, 1.807) is 18.7 Å². The molecule has 0 heterocycles. The number of hydrogen-bond donors (Lipinski definition) is 2. The van der Waals surface area contributed by atoms with Crippen molar-refractivity contribution in [3.8, 4) is 0 Å². The van der Waals surface area contributed by atoms with Gasteiger partial charge in [0.15, 0.2) is 0 Å². The highest BCUT2D eigenvalue weighted by atomic mass is 32.2. The number of carbonyl (C=O) groups excluding carboxylic acids is 1. The lowest BCUT2D eigenvalue weighted by atomic mass is 9.95. The monoisotopic (exact) mass is 219 g/mol. The van der Waals surface area contributed by atoms with Crippen LogP contribution in [0.15, 0.2) is 0 Å². The lowest BCUT2D eigenvalue weighted by Crippen LogP contribution is -2.45. The minimum atomic E-state index is -0.819. The number of hydrogen-bond acceptors (Lipinski definition) is 3. The average molecular weight is 219 g/mol. The maximum atomic E-state index is 11.5. The molecule has 0 fully saturated rings. The van der Waals surface area contributed by atoms with Gasteiger partial charge in [0.2, 0.25) is 5.91 Å². The molecular formula is C10H21NO2S. The van der Waals surface area contributed by atoms with E-state index in [-0.39, 0.29) is 5.91 Å². The van der Waals surface area contributed by atoms with E-state index >= 15 is 0 Å². The summed E-state index contributed by atoms with van der Waals surface area (Å²) >= 11 is 1.57. The number of thioether (sulfide) groups is 1. The van der Waals surface area contributed by atoms with Gasteiger partial charge in [0.1, 0.15) is 0 Å². The largest absolute Gasteiger partial charge is 0.387 e. The van der Waals surface area contributed by atoms with E-state index in [2.05, 4.69) is 5.32 Å². The van der Waals surface area contributed by atoms with E-state index in [9.17, 15) is 9.90 Å². The van der Waals surface area contributed by atoms with E-state index in [0.717, 1.165) is 0 Å². The third kappa shape index (κ3) is 5.50. The van der Waals surface area contributed by atoms with Gasteiger partial charge in [-0.3, -0.25) is 4.79 Å². The number of amides is 1. The topological polar surface area (TPSA) is 49.3 Å². The fourth-order valence-corrected chi connectivity index (χ4v) is 1.62. The molecule has 0 aliphatic heterocycles. The molecule has 0 aliphatic carbocycles. The normalized spacial score (nSPS) is 16.1. The molecule has 0 saturated heterocycles. The van der Waals surface area contributed by atoms with Gasteiger partial charge in [-0.15, -0.1) is 0 Å². The first-order chi connectivity index (χ1) is 6.19. The number of carbonyl (C=O) groups is 1. The van der Waals surface area contributed by atoms with Crippen LogP contribution >= 0.6 is 11.8 Å². The molecule has 0 saturated carbocycles. The van der Waals surface area contributed by atoms with Gasteiger partial charge in [-0.1, -0.05) is 20.8 Å². The van der Waals surface area contributed by atoms with Crippen LogP contribution in [0.2, 0.25) is 0 Å². The fourth-order valence-electron chi connectivity index (χ4n) is 0.898. The second-order valence-electron chi connectivity index (χ2n) is 4.86. The molecule has 14 heavy (non-hydrogen) atoms. The lowest BCUT2D eigenvalue weighted by Gasteiger charge is -2.25.